The molecule has 1 amide bonds. The van der Waals surface area contributed by atoms with Gasteiger partial charge in [0.05, 0.1) is 18.7 Å². The smallest absolute Gasteiger partial charge is 0.306 e. The number of carbonyl (C=O) groups excluding carboxylic acids is 1. The maximum Gasteiger partial charge on any atom is 0.306 e. The summed E-state index contributed by atoms with van der Waals surface area (Å²) >= 11 is 0. The molecule has 0 unspecified atom stereocenters. The second kappa shape index (κ2) is 5.94. The minimum atomic E-state index is -0.805. The zero-order chi connectivity index (χ0) is 14.7. The van der Waals surface area contributed by atoms with Gasteiger partial charge in [-0.2, -0.15) is 0 Å². The highest BCUT2D eigenvalue weighted by Gasteiger charge is 2.35. The first kappa shape index (κ1) is 14.4. The van der Waals surface area contributed by atoms with E-state index in [1.807, 2.05) is 18.2 Å². The fraction of sp³-hybridized carbons (Fsp3) is 0.467. The van der Waals surface area contributed by atoms with Crippen molar-refractivity contribution in [3.63, 3.8) is 0 Å². The van der Waals surface area contributed by atoms with E-state index >= 15 is 0 Å². The van der Waals surface area contributed by atoms with Gasteiger partial charge in [-0.05, 0) is 31.4 Å². The Morgan fingerprint density at radius 3 is 2.50 bits per heavy atom. The number of amides is 1. The van der Waals surface area contributed by atoms with Gasteiger partial charge >= 0.3 is 5.97 Å². The number of carboxylic acids is 1. The van der Waals surface area contributed by atoms with E-state index in [1.54, 1.807) is 25.1 Å². The summed E-state index contributed by atoms with van der Waals surface area (Å²) in [6.45, 7) is 0. The molecule has 5 heteroatoms. The van der Waals surface area contributed by atoms with Crippen LogP contribution in [0, 0.1) is 11.8 Å². The minimum absolute atomic E-state index is 0.0433. The summed E-state index contributed by atoms with van der Waals surface area (Å²) in [5, 5.41) is 9.01. The monoisotopic (exact) mass is 277 g/mol. The summed E-state index contributed by atoms with van der Waals surface area (Å²) in [5.74, 6) is -0.823. The molecule has 1 aromatic carbocycles. The quantitative estimate of drug-likeness (QED) is 0.915. The van der Waals surface area contributed by atoms with Crippen molar-refractivity contribution < 1.29 is 19.4 Å². The molecule has 1 aliphatic rings. The highest BCUT2D eigenvalue weighted by molar-refractivity contribution is 5.96. The lowest BCUT2D eigenvalue weighted by Crippen LogP contribution is -2.32. The second-order valence-electron chi connectivity index (χ2n) is 5.11. The van der Waals surface area contributed by atoms with E-state index in [2.05, 4.69) is 0 Å². The van der Waals surface area contributed by atoms with Crippen molar-refractivity contribution in [3.8, 4) is 5.75 Å². The zero-order valence-electron chi connectivity index (χ0n) is 11.7. The topological polar surface area (TPSA) is 66.8 Å². The van der Waals surface area contributed by atoms with Gasteiger partial charge in [-0.1, -0.05) is 12.1 Å². The van der Waals surface area contributed by atoms with Crippen molar-refractivity contribution in [3.05, 3.63) is 24.3 Å². The van der Waals surface area contributed by atoms with Crippen LogP contribution in [0.15, 0.2) is 24.3 Å². The van der Waals surface area contributed by atoms with Gasteiger partial charge in [0.15, 0.2) is 0 Å². The predicted molar refractivity (Wildman–Crippen MR) is 74.9 cm³/mol. The molecule has 0 aliphatic heterocycles. The van der Waals surface area contributed by atoms with E-state index < -0.39 is 11.9 Å². The third kappa shape index (κ3) is 2.76. The molecule has 2 atom stereocenters. The van der Waals surface area contributed by atoms with Crippen molar-refractivity contribution in [2.45, 2.75) is 19.3 Å². The number of benzene rings is 1. The number of aliphatic carboxylic acids is 1. The van der Waals surface area contributed by atoms with Crippen LogP contribution in [-0.2, 0) is 9.59 Å². The molecule has 1 fully saturated rings. The van der Waals surface area contributed by atoms with Crippen LogP contribution in [-0.4, -0.2) is 31.1 Å². The average Bonchev–Trinajstić information content (AvgIpc) is 2.95. The van der Waals surface area contributed by atoms with E-state index in [-0.39, 0.29) is 11.8 Å². The average molecular weight is 277 g/mol. The lowest BCUT2D eigenvalue weighted by molar-refractivity contribution is -0.141. The molecule has 0 bridgehead atoms. The first-order valence-corrected chi connectivity index (χ1v) is 6.68. The normalized spacial score (nSPS) is 21.5. The molecule has 0 heterocycles. The largest absolute Gasteiger partial charge is 0.495 e. The number of nitrogens with zero attached hydrogens (tertiary/aromatic N) is 1. The molecular formula is C15H19NO4. The molecule has 0 aromatic heterocycles. The summed E-state index contributed by atoms with van der Waals surface area (Å²) in [7, 11) is 3.27. The van der Waals surface area contributed by atoms with Crippen LogP contribution in [0.5, 0.6) is 5.75 Å². The Hall–Kier alpha value is -2.04. The molecular weight excluding hydrogens is 258 g/mol. The number of carboxylic acid groups (broad SMARTS) is 1. The van der Waals surface area contributed by atoms with Gasteiger partial charge < -0.3 is 14.7 Å². The molecule has 1 aliphatic carbocycles. The predicted octanol–water partition coefficient (Wildman–Crippen LogP) is 2.16. The zero-order valence-corrected chi connectivity index (χ0v) is 11.7. The molecule has 1 aromatic rings. The van der Waals surface area contributed by atoms with Crippen molar-refractivity contribution in [2.75, 3.05) is 19.1 Å². The summed E-state index contributed by atoms with van der Waals surface area (Å²) < 4.78 is 5.25. The number of carbonyl (C=O) groups is 2. The summed E-state index contributed by atoms with van der Waals surface area (Å²) in [5.41, 5.74) is 0.707. The molecule has 2 rings (SSSR count). The Kier molecular flexibility index (Phi) is 4.27. The summed E-state index contributed by atoms with van der Waals surface area (Å²) in [6.07, 6.45) is 1.63. The number of para-hydroxylation sites is 2. The van der Waals surface area contributed by atoms with Gasteiger partial charge in [0.2, 0.25) is 5.91 Å². The highest BCUT2D eigenvalue weighted by Crippen LogP contribution is 2.35. The number of ether oxygens (including phenoxy) is 1. The van der Waals surface area contributed by atoms with E-state index in [9.17, 15) is 9.59 Å². The van der Waals surface area contributed by atoms with E-state index in [1.165, 1.54) is 0 Å². The van der Waals surface area contributed by atoms with E-state index in [0.29, 0.717) is 30.7 Å². The lowest BCUT2D eigenvalue weighted by Gasteiger charge is -2.23. The molecule has 0 saturated heterocycles. The molecule has 108 valence electrons. The van der Waals surface area contributed by atoms with Crippen LogP contribution in [0.4, 0.5) is 5.69 Å². The molecule has 1 saturated carbocycles. The maximum atomic E-state index is 12.5. The van der Waals surface area contributed by atoms with Crippen LogP contribution in [0.25, 0.3) is 0 Å². The highest BCUT2D eigenvalue weighted by atomic mass is 16.5. The number of hydrogen-bond donors (Lipinski definition) is 1. The molecule has 1 N–H and O–H groups in total. The fourth-order valence-electron chi connectivity index (χ4n) is 2.73. The van der Waals surface area contributed by atoms with Crippen molar-refractivity contribution >= 4 is 17.6 Å². The van der Waals surface area contributed by atoms with Gasteiger partial charge in [-0.25, -0.2) is 0 Å². The Labute approximate surface area is 118 Å². The number of hydrogen-bond acceptors (Lipinski definition) is 3. The Balaban J connectivity index is 2.11. The van der Waals surface area contributed by atoms with E-state index in [0.717, 1.165) is 0 Å². The third-order valence-corrected chi connectivity index (χ3v) is 3.91. The van der Waals surface area contributed by atoms with Crippen molar-refractivity contribution in [1.29, 1.82) is 0 Å². The Morgan fingerprint density at radius 2 is 1.90 bits per heavy atom. The van der Waals surface area contributed by atoms with Crippen LogP contribution in [0.2, 0.25) is 0 Å². The van der Waals surface area contributed by atoms with Crippen LogP contribution < -0.4 is 9.64 Å². The van der Waals surface area contributed by atoms with Gasteiger partial charge in [0.1, 0.15) is 5.75 Å². The first-order chi connectivity index (χ1) is 9.54. The van der Waals surface area contributed by atoms with Crippen molar-refractivity contribution in [1.82, 2.24) is 0 Å². The summed E-state index contributed by atoms with van der Waals surface area (Å²) in [4.78, 5) is 25.0. The number of rotatable bonds is 4. The molecule has 0 radical (unpaired) electrons. The number of anilines is 1. The Bertz CT molecular complexity index is 514. The van der Waals surface area contributed by atoms with Gasteiger partial charge in [0.25, 0.3) is 0 Å². The van der Waals surface area contributed by atoms with Crippen molar-refractivity contribution in [2.24, 2.45) is 11.8 Å². The lowest BCUT2D eigenvalue weighted by atomic mass is 10.0. The molecule has 20 heavy (non-hydrogen) atoms. The van der Waals surface area contributed by atoms with Crippen LogP contribution in [0.1, 0.15) is 19.3 Å². The van der Waals surface area contributed by atoms with Gasteiger partial charge in [-0.15, -0.1) is 0 Å². The fourth-order valence-corrected chi connectivity index (χ4v) is 2.73. The SMILES string of the molecule is COc1ccccc1N(C)C(=O)[C@@H]1CC[C@H](C(=O)O)C1. The van der Waals surface area contributed by atoms with Gasteiger partial charge in [-0.3, -0.25) is 9.59 Å². The van der Waals surface area contributed by atoms with Crippen LogP contribution >= 0.6 is 0 Å². The second-order valence-corrected chi connectivity index (χ2v) is 5.11. The third-order valence-electron chi connectivity index (χ3n) is 3.91. The maximum absolute atomic E-state index is 12.5. The van der Waals surface area contributed by atoms with Crippen LogP contribution in [0.3, 0.4) is 0 Å². The van der Waals surface area contributed by atoms with E-state index in [4.69, 9.17) is 9.84 Å². The summed E-state index contributed by atoms with van der Waals surface area (Å²) in [6, 6.07) is 7.31. The molecule has 0 spiro atoms. The molecule has 5 nitrogen and oxygen atoms in total. The van der Waals surface area contributed by atoms with Gasteiger partial charge in [0, 0.05) is 13.0 Å². The standard InChI is InChI=1S/C15H19NO4/c1-16(12-5-3-4-6-13(12)20-2)14(17)10-7-8-11(9-10)15(18)19/h3-6,10-11H,7-9H2,1-2H3,(H,18,19)/t10-,11+/m1/s1. The number of methoxy groups -OCH3 is 1. The Morgan fingerprint density at radius 1 is 1.25 bits per heavy atom. The first-order valence-electron chi connectivity index (χ1n) is 6.68. The minimum Gasteiger partial charge on any atom is -0.495 e.